The first-order valence-corrected chi connectivity index (χ1v) is 8.85. The number of nitrogens with one attached hydrogen (secondary N) is 1. The van der Waals surface area contributed by atoms with Crippen molar-refractivity contribution in [3.8, 4) is 5.69 Å². The third-order valence-electron chi connectivity index (χ3n) is 4.62. The Labute approximate surface area is 151 Å². The lowest BCUT2D eigenvalue weighted by Crippen LogP contribution is -2.56. The van der Waals surface area contributed by atoms with Crippen LogP contribution in [0.4, 0.5) is 4.39 Å². The van der Waals surface area contributed by atoms with Crippen molar-refractivity contribution in [1.82, 2.24) is 15.1 Å². The van der Waals surface area contributed by atoms with Crippen LogP contribution in [0.25, 0.3) is 5.69 Å². The Hall–Kier alpha value is -2.70. The molecular formula is C19H22FN3O3. The van der Waals surface area contributed by atoms with E-state index in [1.807, 2.05) is 0 Å². The van der Waals surface area contributed by atoms with Crippen molar-refractivity contribution in [1.29, 1.82) is 0 Å². The molecule has 7 heteroatoms. The normalized spacial score (nSPS) is 16.1. The first kappa shape index (κ1) is 18.1. The second kappa shape index (κ2) is 7.68. The predicted octanol–water partition coefficient (Wildman–Crippen LogP) is 3.01. The maximum absolute atomic E-state index is 13.4. The van der Waals surface area contributed by atoms with Gasteiger partial charge in [0.15, 0.2) is 5.69 Å². The molecule has 1 amide bonds. The van der Waals surface area contributed by atoms with Gasteiger partial charge < -0.3 is 10.1 Å². The molecule has 0 atom stereocenters. The highest BCUT2D eigenvalue weighted by molar-refractivity contribution is 5.96. The number of rotatable bonds is 5. The molecule has 0 bridgehead atoms. The number of aromatic nitrogens is 2. The second-order valence-corrected chi connectivity index (χ2v) is 6.44. The Morgan fingerprint density at radius 1 is 1.27 bits per heavy atom. The summed E-state index contributed by atoms with van der Waals surface area (Å²) in [6, 6.07) is 7.48. The number of esters is 1. The van der Waals surface area contributed by atoms with E-state index in [-0.39, 0.29) is 18.1 Å². The summed E-state index contributed by atoms with van der Waals surface area (Å²) in [6.07, 6.45) is 5.45. The first-order chi connectivity index (χ1) is 12.5. The average Bonchev–Trinajstić information content (AvgIpc) is 3.13. The van der Waals surface area contributed by atoms with Gasteiger partial charge in [0.2, 0.25) is 0 Å². The summed E-state index contributed by atoms with van der Waals surface area (Å²) in [6.45, 7) is 2.02. The minimum atomic E-state index is -0.992. The Kier molecular flexibility index (Phi) is 5.35. The van der Waals surface area contributed by atoms with Gasteiger partial charge in [-0.1, -0.05) is 25.3 Å². The van der Waals surface area contributed by atoms with Crippen molar-refractivity contribution in [3.63, 3.8) is 0 Å². The third kappa shape index (κ3) is 3.76. The van der Waals surface area contributed by atoms with Gasteiger partial charge in [-0.05, 0) is 44.0 Å². The van der Waals surface area contributed by atoms with E-state index in [9.17, 15) is 14.0 Å². The van der Waals surface area contributed by atoms with Crippen LogP contribution in [-0.4, -0.2) is 33.8 Å². The molecular weight excluding hydrogens is 337 g/mol. The quantitative estimate of drug-likeness (QED) is 0.833. The molecule has 0 aliphatic heterocycles. The number of halogens is 1. The van der Waals surface area contributed by atoms with E-state index in [4.69, 9.17) is 4.74 Å². The van der Waals surface area contributed by atoms with E-state index in [1.165, 1.54) is 16.8 Å². The van der Waals surface area contributed by atoms with Crippen LogP contribution in [0, 0.1) is 5.82 Å². The number of ether oxygens (including phenoxy) is 1. The van der Waals surface area contributed by atoms with Crippen LogP contribution < -0.4 is 5.32 Å². The van der Waals surface area contributed by atoms with Gasteiger partial charge in [0.25, 0.3) is 5.91 Å². The highest BCUT2D eigenvalue weighted by Crippen LogP contribution is 2.30. The molecule has 1 fully saturated rings. The van der Waals surface area contributed by atoms with Gasteiger partial charge in [0.05, 0.1) is 12.3 Å². The van der Waals surface area contributed by atoms with Gasteiger partial charge in [-0.3, -0.25) is 4.79 Å². The summed E-state index contributed by atoms with van der Waals surface area (Å²) < 4.78 is 20.0. The van der Waals surface area contributed by atoms with Gasteiger partial charge in [-0.15, -0.1) is 0 Å². The summed E-state index contributed by atoms with van der Waals surface area (Å²) in [5.41, 5.74) is -0.307. The van der Waals surface area contributed by atoms with E-state index in [0.29, 0.717) is 18.5 Å². The zero-order valence-corrected chi connectivity index (χ0v) is 14.7. The largest absolute Gasteiger partial charge is 0.464 e. The summed E-state index contributed by atoms with van der Waals surface area (Å²) >= 11 is 0. The van der Waals surface area contributed by atoms with E-state index in [1.54, 1.807) is 31.3 Å². The molecule has 2 aromatic rings. The molecule has 0 radical (unpaired) electrons. The van der Waals surface area contributed by atoms with E-state index >= 15 is 0 Å². The van der Waals surface area contributed by atoms with E-state index < -0.39 is 17.4 Å². The van der Waals surface area contributed by atoms with Gasteiger partial charge >= 0.3 is 5.97 Å². The average molecular weight is 359 g/mol. The number of hydrogen-bond donors (Lipinski definition) is 1. The van der Waals surface area contributed by atoms with Crippen molar-refractivity contribution < 1.29 is 18.7 Å². The van der Waals surface area contributed by atoms with Crippen molar-refractivity contribution in [2.45, 2.75) is 44.6 Å². The number of benzene rings is 1. The third-order valence-corrected chi connectivity index (χ3v) is 4.62. The number of nitrogens with zero attached hydrogens (tertiary/aromatic N) is 2. The minimum Gasteiger partial charge on any atom is -0.464 e. The minimum absolute atomic E-state index is 0.170. The molecule has 0 unspecified atom stereocenters. The van der Waals surface area contributed by atoms with Gasteiger partial charge in [0, 0.05) is 6.20 Å². The maximum Gasteiger partial charge on any atom is 0.331 e. The SMILES string of the molecule is CCOC(=O)C1(NC(=O)c2ccn(-c3cccc(F)c3)n2)CCCCC1. The van der Waals surface area contributed by atoms with Crippen LogP contribution in [0.1, 0.15) is 49.5 Å². The van der Waals surface area contributed by atoms with Crippen molar-refractivity contribution in [2.75, 3.05) is 6.61 Å². The number of carbonyl (C=O) groups is 2. The van der Waals surface area contributed by atoms with Gasteiger partial charge in [-0.25, -0.2) is 13.9 Å². The van der Waals surface area contributed by atoms with Gasteiger partial charge in [0.1, 0.15) is 11.4 Å². The molecule has 6 nitrogen and oxygen atoms in total. The molecule has 1 saturated carbocycles. The first-order valence-electron chi connectivity index (χ1n) is 8.85. The summed E-state index contributed by atoms with van der Waals surface area (Å²) in [7, 11) is 0. The van der Waals surface area contributed by atoms with Crippen LogP contribution in [0.3, 0.4) is 0 Å². The Morgan fingerprint density at radius 2 is 2.04 bits per heavy atom. The Bertz CT molecular complexity index is 797. The van der Waals surface area contributed by atoms with Crippen LogP contribution in [0.15, 0.2) is 36.5 Å². The van der Waals surface area contributed by atoms with Crippen LogP contribution in [0.5, 0.6) is 0 Å². The standard InChI is InChI=1S/C19H22FN3O3/c1-2-26-18(25)19(10-4-3-5-11-19)21-17(24)16-9-12-23(22-16)15-8-6-7-14(20)13-15/h6-9,12-13H,2-5,10-11H2,1H3,(H,21,24). The van der Waals surface area contributed by atoms with Crippen molar-refractivity contribution in [3.05, 3.63) is 48.0 Å². The van der Waals surface area contributed by atoms with Crippen molar-refractivity contribution in [2.24, 2.45) is 0 Å². The molecule has 1 N–H and O–H groups in total. The number of carbonyl (C=O) groups excluding carboxylic acids is 2. The molecule has 26 heavy (non-hydrogen) atoms. The van der Waals surface area contributed by atoms with Crippen LogP contribution in [0.2, 0.25) is 0 Å². The van der Waals surface area contributed by atoms with Crippen LogP contribution >= 0.6 is 0 Å². The molecule has 0 saturated heterocycles. The smallest absolute Gasteiger partial charge is 0.331 e. The van der Waals surface area contributed by atoms with E-state index in [2.05, 4.69) is 10.4 Å². The predicted molar refractivity (Wildman–Crippen MR) is 93.4 cm³/mol. The topological polar surface area (TPSA) is 73.2 Å². The molecule has 1 aliphatic rings. The molecule has 1 aliphatic carbocycles. The Balaban J connectivity index is 1.79. The van der Waals surface area contributed by atoms with Gasteiger partial charge in [-0.2, -0.15) is 5.10 Å². The highest BCUT2D eigenvalue weighted by Gasteiger charge is 2.42. The molecule has 3 rings (SSSR count). The molecule has 1 heterocycles. The lowest BCUT2D eigenvalue weighted by molar-refractivity contribution is -0.152. The summed E-state index contributed by atoms with van der Waals surface area (Å²) in [5.74, 6) is -1.21. The highest BCUT2D eigenvalue weighted by atomic mass is 19.1. The fraction of sp³-hybridized carbons (Fsp3) is 0.421. The molecule has 1 aromatic carbocycles. The fourth-order valence-corrected chi connectivity index (χ4v) is 3.29. The zero-order chi connectivity index (χ0) is 18.6. The summed E-state index contributed by atoms with van der Waals surface area (Å²) in [4.78, 5) is 25.1. The number of amides is 1. The van der Waals surface area contributed by atoms with Crippen molar-refractivity contribution >= 4 is 11.9 Å². The molecule has 138 valence electrons. The monoisotopic (exact) mass is 359 g/mol. The second-order valence-electron chi connectivity index (χ2n) is 6.44. The zero-order valence-electron chi connectivity index (χ0n) is 14.7. The lowest BCUT2D eigenvalue weighted by atomic mass is 9.81. The molecule has 0 spiro atoms. The fourth-order valence-electron chi connectivity index (χ4n) is 3.29. The van der Waals surface area contributed by atoms with Crippen LogP contribution in [-0.2, 0) is 9.53 Å². The number of hydrogen-bond acceptors (Lipinski definition) is 4. The lowest BCUT2D eigenvalue weighted by Gasteiger charge is -2.35. The summed E-state index contributed by atoms with van der Waals surface area (Å²) in [5, 5.41) is 7.06. The maximum atomic E-state index is 13.4. The Morgan fingerprint density at radius 3 is 2.73 bits per heavy atom. The van der Waals surface area contributed by atoms with E-state index in [0.717, 1.165) is 19.3 Å². The molecule has 1 aromatic heterocycles.